The Bertz CT molecular complexity index is 1940. The van der Waals surface area contributed by atoms with Crippen LogP contribution in [0, 0.1) is 0 Å². The Labute approximate surface area is 351 Å². The largest absolute Gasteiger partial charge is 0.384 e. The zero-order valence-corrected chi connectivity index (χ0v) is 35.9. The molecule has 3 aromatic rings. The molecule has 1 atom stereocenters. The molecule has 16 heteroatoms. The highest BCUT2D eigenvalue weighted by Crippen LogP contribution is 2.38. The van der Waals surface area contributed by atoms with Gasteiger partial charge >= 0.3 is 5.91 Å². The number of nitrogens with zero attached hydrogens (tertiary/aromatic N) is 4. The number of halogens is 4. The molecule has 0 aliphatic carbocycles. The number of hydrogen-bond donors (Lipinski definition) is 3. The van der Waals surface area contributed by atoms with E-state index in [9.17, 15) is 18.0 Å². The fourth-order valence-electron chi connectivity index (χ4n) is 6.11. The number of hydrogen-bond acceptors (Lipinski definition) is 8. The zero-order chi connectivity index (χ0) is 40.7. The van der Waals surface area contributed by atoms with Crippen LogP contribution in [-0.2, 0) is 19.6 Å². The van der Waals surface area contributed by atoms with Gasteiger partial charge in [-0.2, -0.15) is 5.01 Å². The van der Waals surface area contributed by atoms with Crippen LogP contribution in [-0.4, -0.2) is 67.4 Å². The number of rotatable bonds is 22. The predicted octanol–water partition coefficient (Wildman–Crippen LogP) is 10.7. The van der Waals surface area contributed by atoms with Crippen molar-refractivity contribution in [2.24, 2.45) is 10.1 Å². The number of carbonyl (C=O) groups excluding carboxylic acids is 2. The highest BCUT2D eigenvalue weighted by molar-refractivity contribution is 7.88. The SMILES string of the molecule is CCCCCCCCCCCCC(Cl)C(=O)Nc1cccc(NC2=NN(c3c(Cl)cc(Cl)cc3Cl)C(=O)C2=Nc2ccc(NCCN(CC)S(C)(=O)=O)cc2)c1. The molecule has 3 aromatic carbocycles. The lowest BCUT2D eigenvalue weighted by atomic mass is 10.1. The summed E-state index contributed by atoms with van der Waals surface area (Å²) in [6.07, 6.45) is 13.8. The first-order valence-corrected chi connectivity index (χ1v) is 22.5. The lowest BCUT2D eigenvalue weighted by Crippen LogP contribution is -2.33. The summed E-state index contributed by atoms with van der Waals surface area (Å²) in [4.78, 5) is 31.6. The fraction of sp³-hybridized carbons (Fsp3) is 0.450. The average Bonchev–Trinajstić information content (AvgIpc) is 3.43. The average molecular weight is 868 g/mol. The first kappa shape index (κ1) is 45.3. The van der Waals surface area contributed by atoms with Crippen molar-refractivity contribution in [2.75, 3.05) is 46.8 Å². The van der Waals surface area contributed by atoms with Gasteiger partial charge in [-0.1, -0.05) is 119 Å². The van der Waals surface area contributed by atoms with Gasteiger partial charge in [0.15, 0.2) is 11.5 Å². The molecule has 0 spiro atoms. The lowest BCUT2D eigenvalue weighted by Gasteiger charge is -2.18. The number of nitrogens with one attached hydrogen (secondary N) is 3. The van der Waals surface area contributed by atoms with Crippen molar-refractivity contribution in [1.29, 1.82) is 0 Å². The third-order valence-electron chi connectivity index (χ3n) is 9.12. The maximum Gasteiger partial charge on any atom is 0.301 e. The van der Waals surface area contributed by atoms with Crippen LogP contribution in [0.5, 0.6) is 0 Å². The van der Waals surface area contributed by atoms with Crippen LogP contribution in [0.15, 0.2) is 70.8 Å². The van der Waals surface area contributed by atoms with Gasteiger partial charge in [-0.3, -0.25) is 9.59 Å². The lowest BCUT2D eigenvalue weighted by molar-refractivity contribution is -0.116. The Kier molecular flexibility index (Phi) is 18.2. The molecule has 1 heterocycles. The standard InChI is InChI=1S/C40H51Cl4N7O4S/c1-4-6-7-8-9-10-11-12-13-14-18-33(42)39(52)48-32-17-15-16-31(27-32)47-38-36(40(53)51(49-38)37-34(43)25-28(41)26-35(37)44)46-30-21-19-29(20-22-30)45-23-24-50(5-2)56(3,54)55/h15-17,19-22,25-27,33,45H,4-14,18,23-24H2,1-3H3,(H,47,49)(H,48,52). The van der Waals surface area contributed by atoms with Crippen molar-refractivity contribution in [3.63, 3.8) is 0 Å². The zero-order valence-electron chi connectivity index (χ0n) is 32.1. The minimum Gasteiger partial charge on any atom is -0.384 e. The summed E-state index contributed by atoms with van der Waals surface area (Å²) in [5.41, 5.74) is 2.34. The smallest absolute Gasteiger partial charge is 0.301 e. The molecule has 1 aliphatic rings. The molecule has 11 nitrogen and oxygen atoms in total. The van der Waals surface area contributed by atoms with Gasteiger partial charge in [-0.05, 0) is 61.0 Å². The molecule has 1 unspecified atom stereocenters. The number of aliphatic imine (C=N–C) groups is 1. The van der Waals surface area contributed by atoms with Crippen LogP contribution in [0.1, 0.15) is 84.5 Å². The van der Waals surface area contributed by atoms with E-state index in [2.05, 4.69) is 33.0 Å². The van der Waals surface area contributed by atoms with Crippen LogP contribution in [0.2, 0.25) is 15.1 Å². The van der Waals surface area contributed by atoms with Gasteiger partial charge in [0, 0.05) is 41.7 Å². The maximum absolute atomic E-state index is 13.9. The summed E-state index contributed by atoms with van der Waals surface area (Å²) >= 11 is 25.6. The van der Waals surface area contributed by atoms with Crippen LogP contribution in [0.25, 0.3) is 0 Å². The molecule has 0 bridgehead atoms. The highest BCUT2D eigenvalue weighted by atomic mass is 35.5. The quantitative estimate of drug-likeness (QED) is 0.0680. The van der Waals surface area contributed by atoms with Crippen molar-refractivity contribution < 1.29 is 18.0 Å². The Morgan fingerprint density at radius 1 is 0.857 bits per heavy atom. The summed E-state index contributed by atoms with van der Waals surface area (Å²) < 4.78 is 25.2. The van der Waals surface area contributed by atoms with Gasteiger partial charge in [0.05, 0.1) is 22.0 Å². The number of carbonyl (C=O) groups is 2. The molecule has 1 aliphatic heterocycles. The molecule has 56 heavy (non-hydrogen) atoms. The van der Waals surface area contributed by atoms with Crippen LogP contribution >= 0.6 is 46.4 Å². The third-order valence-corrected chi connectivity index (χ3v) is 11.7. The Hall–Kier alpha value is -3.39. The van der Waals surface area contributed by atoms with E-state index < -0.39 is 21.3 Å². The van der Waals surface area contributed by atoms with Gasteiger partial charge < -0.3 is 16.0 Å². The van der Waals surface area contributed by atoms with E-state index in [1.165, 1.54) is 67.6 Å². The van der Waals surface area contributed by atoms with Gasteiger partial charge in [0.2, 0.25) is 15.9 Å². The number of anilines is 4. The fourth-order valence-corrected chi connectivity index (χ4v) is 8.19. The molecule has 0 fully saturated rings. The second-order valence-corrected chi connectivity index (χ2v) is 17.4. The number of unbranched alkanes of at least 4 members (excludes halogenated alkanes) is 9. The van der Waals surface area contributed by atoms with Crippen LogP contribution in [0.3, 0.4) is 0 Å². The van der Waals surface area contributed by atoms with E-state index in [1.54, 1.807) is 55.5 Å². The van der Waals surface area contributed by atoms with Crippen molar-refractivity contribution in [3.8, 4) is 0 Å². The van der Waals surface area contributed by atoms with Gasteiger partial charge in [-0.25, -0.2) is 17.7 Å². The third kappa shape index (κ3) is 13.9. The van der Waals surface area contributed by atoms with Crippen molar-refractivity contribution in [3.05, 3.63) is 75.7 Å². The summed E-state index contributed by atoms with van der Waals surface area (Å²) in [7, 11) is -3.30. The molecule has 2 amide bonds. The normalized spacial score (nSPS) is 14.4. The number of benzene rings is 3. The van der Waals surface area contributed by atoms with Crippen molar-refractivity contribution in [2.45, 2.75) is 89.9 Å². The number of hydrazone groups is 1. The second kappa shape index (κ2) is 22.5. The molecular formula is C40H51Cl4N7O4S. The minimum absolute atomic E-state index is 0.0220. The number of alkyl halides is 1. The maximum atomic E-state index is 13.9. The van der Waals surface area contributed by atoms with E-state index in [0.717, 1.165) is 30.0 Å². The molecule has 3 N–H and O–H groups in total. The highest BCUT2D eigenvalue weighted by Gasteiger charge is 2.36. The molecular weight excluding hydrogens is 816 g/mol. The minimum atomic E-state index is -3.30. The Morgan fingerprint density at radius 3 is 2.07 bits per heavy atom. The predicted molar refractivity (Wildman–Crippen MR) is 235 cm³/mol. The summed E-state index contributed by atoms with van der Waals surface area (Å²) in [6.45, 7) is 5.09. The summed E-state index contributed by atoms with van der Waals surface area (Å²) in [6, 6.07) is 16.9. The van der Waals surface area contributed by atoms with Gasteiger partial charge in [0.1, 0.15) is 11.1 Å². The molecule has 304 valence electrons. The molecule has 4 rings (SSSR count). The van der Waals surface area contributed by atoms with Crippen LogP contribution in [0.4, 0.5) is 28.4 Å². The van der Waals surface area contributed by atoms with E-state index in [0.29, 0.717) is 48.1 Å². The van der Waals surface area contributed by atoms with E-state index in [4.69, 9.17) is 46.4 Å². The number of amides is 2. The van der Waals surface area contributed by atoms with Crippen molar-refractivity contribution >= 4 is 108 Å². The number of likely N-dealkylation sites (N-methyl/N-ethyl adjacent to an activating group) is 1. The number of sulfonamides is 1. The van der Waals surface area contributed by atoms with Crippen LogP contribution < -0.4 is 21.0 Å². The van der Waals surface area contributed by atoms with Gasteiger partial charge in [-0.15, -0.1) is 16.7 Å². The van der Waals surface area contributed by atoms with Crippen molar-refractivity contribution in [1.82, 2.24) is 4.31 Å². The Morgan fingerprint density at radius 2 is 1.46 bits per heavy atom. The second-order valence-electron chi connectivity index (χ2n) is 13.6. The van der Waals surface area contributed by atoms with E-state index in [-0.39, 0.29) is 33.2 Å². The molecule has 0 aromatic heterocycles. The Balaban J connectivity index is 1.44. The summed E-state index contributed by atoms with van der Waals surface area (Å²) in [5.74, 6) is -0.772. The molecule has 0 saturated carbocycles. The first-order chi connectivity index (χ1) is 26.8. The number of amidine groups is 1. The topological polar surface area (TPSA) is 136 Å². The van der Waals surface area contributed by atoms with E-state index >= 15 is 0 Å². The monoisotopic (exact) mass is 865 g/mol. The summed E-state index contributed by atoms with van der Waals surface area (Å²) in [5, 5.41) is 14.7. The first-order valence-electron chi connectivity index (χ1n) is 19.1. The molecule has 0 saturated heterocycles. The molecule has 0 radical (unpaired) electrons. The van der Waals surface area contributed by atoms with E-state index in [1.807, 2.05) is 0 Å². The van der Waals surface area contributed by atoms with Gasteiger partial charge in [0.25, 0.3) is 0 Å².